The Bertz CT molecular complexity index is 198. The third-order valence-corrected chi connectivity index (χ3v) is 4.84. The summed E-state index contributed by atoms with van der Waals surface area (Å²) in [6, 6.07) is 0.734. The van der Waals surface area contributed by atoms with Crippen molar-refractivity contribution in [2.24, 2.45) is 0 Å². The number of hydrogen-bond acceptors (Lipinski definition) is 0. The minimum atomic E-state index is 0. The SMILES string of the molecule is CCCCCCCCCCCCCCC[N+](C)(C)CCl.[Br-]. The Morgan fingerprint density at radius 3 is 1.29 bits per heavy atom. The van der Waals surface area contributed by atoms with Gasteiger partial charge in [0.2, 0.25) is 0 Å². The van der Waals surface area contributed by atoms with Crippen molar-refractivity contribution in [2.45, 2.75) is 90.4 Å². The van der Waals surface area contributed by atoms with Gasteiger partial charge in [-0.2, -0.15) is 0 Å². The summed E-state index contributed by atoms with van der Waals surface area (Å²) in [5.41, 5.74) is 0. The average molecular weight is 385 g/mol. The highest BCUT2D eigenvalue weighted by atomic mass is 79.9. The maximum Gasteiger partial charge on any atom is 0.154 e. The van der Waals surface area contributed by atoms with Crippen molar-refractivity contribution in [2.75, 3.05) is 26.6 Å². The first kappa shape index (κ1) is 24.0. The summed E-state index contributed by atoms with van der Waals surface area (Å²) in [6.07, 6.45) is 18.6. The second kappa shape index (κ2) is 17.1. The number of hydrogen-bond donors (Lipinski definition) is 0. The van der Waals surface area contributed by atoms with E-state index in [9.17, 15) is 0 Å². The van der Waals surface area contributed by atoms with E-state index in [-0.39, 0.29) is 17.0 Å². The fraction of sp³-hybridized carbons (Fsp3) is 1.00. The van der Waals surface area contributed by atoms with Crippen molar-refractivity contribution >= 4 is 11.6 Å². The molecule has 0 fully saturated rings. The average Bonchev–Trinajstić information content (AvgIpc) is 2.44. The molecule has 0 aromatic rings. The predicted octanol–water partition coefficient (Wildman–Crippen LogP) is 3.35. The zero-order valence-electron chi connectivity index (χ0n) is 14.8. The molecule has 0 saturated heterocycles. The Morgan fingerprint density at radius 2 is 0.952 bits per heavy atom. The van der Waals surface area contributed by atoms with Gasteiger partial charge in [-0.05, 0) is 12.8 Å². The van der Waals surface area contributed by atoms with Crippen LogP contribution in [0.15, 0.2) is 0 Å². The monoisotopic (exact) mass is 383 g/mol. The molecule has 1 nitrogen and oxygen atoms in total. The molecule has 0 rings (SSSR count). The molecule has 0 unspecified atom stereocenters. The third kappa shape index (κ3) is 18.7. The zero-order chi connectivity index (χ0) is 15.1. The van der Waals surface area contributed by atoms with Gasteiger partial charge in [-0.15, -0.1) is 0 Å². The highest BCUT2D eigenvalue weighted by molar-refractivity contribution is 6.16. The first-order valence-corrected chi connectivity index (χ1v) is 9.54. The summed E-state index contributed by atoms with van der Waals surface area (Å²) in [4.78, 5) is 0. The molecule has 0 radical (unpaired) electrons. The van der Waals surface area contributed by atoms with Crippen LogP contribution in [0.3, 0.4) is 0 Å². The van der Waals surface area contributed by atoms with Crippen molar-refractivity contribution in [3.8, 4) is 0 Å². The molecule has 0 aliphatic rings. The summed E-state index contributed by atoms with van der Waals surface area (Å²) < 4.78 is 0.958. The van der Waals surface area contributed by atoms with Crippen LogP contribution in [0.1, 0.15) is 90.4 Å². The van der Waals surface area contributed by atoms with Gasteiger partial charge in [-0.1, -0.05) is 89.2 Å². The van der Waals surface area contributed by atoms with Gasteiger partial charge in [0.1, 0.15) is 0 Å². The second-order valence-corrected chi connectivity index (χ2v) is 7.26. The van der Waals surface area contributed by atoms with Crippen LogP contribution in [0.5, 0.6) is 0 Å². The lowest BCUT2D eigenvalue weighted by atomic mass is 10.0. The van der Waals surface area contributed by atoms with Crippen LogP contribution in [-0.2, 0) is 0 Å². The smallest absolute Gasteiger partial charge is 0.154 e. The standard InChI is InChI=1S/C18H39ClN.BrH/c1-4-5-6-7-8-9-10-11-12-13-14-15-16-17-20(2,3)18-19;/h4-18H2,1-3H3;1H/q+1;/p-1. The van der Waals surface area contributed by atoms with Crippen LogP contribution in [0, 0.1) is 0 Å². The molecule has 0 saturated carbocycles. The molecular formula is C18H39BrClN. The largest absolute Gasteiger partial charge is 1.00 e. The van der Waals surface area contributed by atoms with E-state index < -0.39 is 0 Å². The predicted molar refractivity (Wildman–Crippen MR) is 93.4 cm³/mol. The number of quaternary nitrogens is 1. The molecule has 3 heteroatoms. The van der Waals surface area contributed by atoms with Crippen molar-refractivity contribution in [3.63, 3.8) is 0 Å². The van der Waals surface area contributed by atoms with Crippen molar-refractivity contribution < 1.29 is 21.5 Å². The van der Waals surface area contributed by atoms with Crippen LogP contribution in [0.25, 0.3) is 0 Å². The summed E-state index contributed by atoms with van der Waals surface area (Å²) in [5, 5.41) is 0. The topological polar surface area (TPSA) is 0 Å². The number of nitrogens with zero attached hydrogens (tertiary/aromatic N) is 1. The van der Waals surface area contributed by atoms with Crippen molar-refractivity contribution in [1.82, 2.24) is 0 Å². The molecule has 0 aromatic heterocycles. The van der Waals surface area contributed by atoms with E-state index in [1.165, 1.54) is 90.0 Å². The van der Waals surface area contributed by atoms with E-state index in [1.807, 2.05) is 0 Å². The first-order valence-electron chi connectivity index (χ1n) is 9.00. The molecular weight excluding hydrogens is 346 g/mol. The molecule has 0 N–H and O–H groups in total. The summed E-state index contributed by atoms with van der Waals surface area (Å²) >= 11 is 5.92. The number of unbranched alkanes of at least 4 members (excludes halogenated alkanes) is 12. The fourth-order valence-electron chi connectivity index (χ4n) is 2.62. The van der Waals surface area contributed by atoms with Crippen LogP contribution < -0.4 is 17.0 Å². The third-order valence-electron chi connectivity index (χ3n) is 4.19. The summed E-state index contributed by atoms with van der Waals surface area (Å²) in [5.74, 6) is 0. The number of alkyl halides is 1. The van der Waals surface area contributed by atoms with E-state index in [4.69, 9.17) is 11.6 Å². The lowest BCUT2D eigenvalue weighted by Gasteiger charge is -2.26. The van der Waals surface area contributed by atoms with E-state index in [0.717, 1.165) is 10.5 Å². The van der Waals surface area contributed by atoms with Gasteiger partial charge in [-0.25, -0.2) is 0 Å². The number of rotatable bonds is 15. The molecule has 0 amide bonds. The maximum atomic E-state index is 5.92. The second-order valence-electron chi connectivity index (χ2n) is 7.02. The molecule has 0 aromatic carbocycles. The van der Waals surface area contributed by atoms with E-state index in [2.05, 4.69) is 21.0 Å². The van der Waals surface area contributed by atoms with Crippen LogP contribution in [0.4, 0.5) is 0 Å². The molecule has 0 heterocycles. The molecule has 0 aliphatic heterocycles. The Morgan fingerprint density at radius 1 is 0.619 bits per heavy atom. The van der Waals surface area contributed by atoms with Crippen LogP contribution >= 0.6 is 11.6 Å². The van der Waals surface area contributed by atoms with Crippen molar-refractivity contribution in [3.05, 3.63) is 0 Å². The molecule has 0 spiro atoms. The van der Waals surface area contributed by atoms with Crippen LogP contribution in [-0.4, -0.2) is 31.1 Å². The highest BCUT2D eigenvalue weighted by Crippen LogP contribution is 2.13. The first-order chi connectivity index (χ1) is 9.62. The van der Waals surface area contributed by atoms with Gasteiger partial charge in [0.15, 0.2) is 6.00 Å². The quantitative estimate of drug-likeness (QED) is 0.176. The fourth-order valence-corrected chi connectivity index (χ4v) is 2.74. The molecule has 21 heavy (non-hydrogen) atoms. The van der Waals surface area contributed by atoms with E-state index in [1.54, 1.807) is 0 Å². The normalized spacial score (nSPS) is 11.4. The summed E-state index contributed by atoms with van der Waals surface area (Å²) in [7, 11) is 4.43. The van der Waals surface area contributed by atoms with E-state index >= 15 is 0 Å². The zero-order valence-corrected chi connectivity index (χ0v) is 17.2. The van der Waals surface area contributed by atoms with E-state index in [0.29, 0.717) is 0 Å². The highest BCUT2D eigenvalue weighted by Gasteiger charge is 2.11. The summed E-state index contributed by atoms with van der Waals surface area (Å²) in [6.45, 7) is 3.51. The van der Waals surface area contributed by atoms with Crippen LogP contribution in [0.2, 0.25) is 0 Å². The molecule has 130 valence electrons. The van der Waals surface area contributed by atoms with Crippen molar-refractivity contribution in [1.29, 1.82) is 0 Å². The molecule has 0 bridgehead atoms. The lowest BCUT2D eigenvalue weighted by Crippen LogP contribution is -3.00. The minimum absolute atomic E-state index is 0. The Balaban J connectivity index is 0. The van der Waals surface area contributed by atoms with Gasteiger partial charge < -0.3 is 21.5 Å². The van der Waals surface area contributed by atoms with Gasteiger partial charge in [0.25, 0.3) is 0 Å². The van der Waals surface area contributed by atoms with Gasteiger partial charge in [0.05, 0.1) is 20.6 Å². The molecule has 0 aliphatic carbocycles. The number of halogens is 2. The van der Waals surface area contributed by atoms with Gasteiger partial charge >= 0.3 is 0 Å². The maximum absolute atomic E-state index is 5.92. The minimum Gasteiger partial charge on any atom is -1.00 e. The van der Waals surface area contributed by atoms with Gasteiger partial charge in [-0.3, -0.25) is 0 Å². The Kier molecular flexibility index (Phi) is 19.5. The molecule has 0 atom stereocenters. The Hall–Kier alpha value is 0.730. The lowest BCUT2D eigenvalue weighted by molar-refractivity contribution is -0.879. The van der Waals surface area contributed by atoms with Gasteiger partial charge in [0, 0.05) is 0 Å². The Labute approximate surface area is 150 Å².